The van der Waals surface area contributed by atoms with Crippen LogP contribution in [0, 0.1) is 6.92 Å². The molecule has 1 aliphatic rings. The molecule has 2 heterocycles. The first-order valence-corrected chi connectivity index (χ1v) is 12.4. The van der Waals surface area contributed by atoms with E-state index in [4.69, 9.17) is 0 Å². The Bertz CT molecular complexity index is 1300. The second-order valence-corrected chi connectivity index (χ2v) is 10.7. The molecule has 3 aromatic rings. The predicted octanol–water partition coefficient (Wildman–Crippen LogP) is 4.19. The zero-order valence-corrected chi connectivity index (χ0v) is 20.4. The number of sulfonamides is 1. The Morgan fingerprint density at radius 1 is 1.03 bits per heavy atom. The van der Waals surface area contributed by atoms with Gasteiger partial charge in [-0.3, -0.25) is 5.01 Å². The molecule has 0 saturated carbocycles. The number of aryl methyl sites for hydroxylation is 1. The molecule has 0 fully saturated rings. The van der Waals surface area contributed by atoms with Gasteiger partial charge in [-0.2, -0.15) is 4.98 Å². The maximum absolute atomic E-state index is 12.7. The lowest BCUT2D eigenvalue weighted by molar-refractivity contribution is 0.491. The molecule has 2 aromatic carbocycles. The van der Waals surface area contributed by atoms with Gasteiger partial charge in [-0.05, 0) is 70.2 Å². The van der Waals surface area contributed by atoms with Crippen molar-refractivity contribution in [3.05, 3.63) is 72.6 Å². The quantitative estimate of drug-likeness (QED) is 0.399. The zero-order chi connectivity index (χ0) is 24.3. The lowest BCUT2D eigenvalue weighted by Gasteiger charge is -2.20. The molecule has 178 valence electrons. The fraction of sp³-hybridized carbons (Fsp3) is 0.250. The van der Waals surface area contributed by atoms with Crippen LogP contribution in [0.3, 0.4) is 0 Å². The van der Waals surface area contributed by atoms with E-state index in [9.17, 15) is 8.42 Å². The van der Waals surface area contributed by atoms with Crippen LogP contribution >= 0.6 is 0 Å². The summed E-state index contributed by atoms with van der Waals surface area (Å²) in [6, 6.07) is 14.5. The summed E-state index contributed by atoms with van der Waals surface area (Å²) >= 11 is 0. The largest absolute Gasteiger partial charge is 0.340 e. The molecule has 0 radical (unpaired) electrons. The number of nitrogens with zero attached hydrogens (tertiary/aromatic N) is 3. The Labute approximate surface area is 200 Å². The number of rotatable bonds is 7. The molecule has 0 bridgehead atoms. The van der Waals surface area contributed by atoms with Crippen molar-refractivity contribution in [2.75, 3.05) is 22.2 Å². The summed E-state index contributed by atoms with van der Waals surface area (Å²) in [5.41, 5.74) is 5.97. The SMILES string of the molecule is Cc1cnc(Nc2ccc(N3C=CCN3)cc2)nc1Nc1cccc(S(=O)(=O)NC(C)(C)C)c1. The molecule has 1 aromatic heterocycles. The molecule has 9 nitrogen and oxygen atoms in total. The number of hydrogen-bond donors (Lipinski definition) is 4. The van der Waals surface area contributed by atoms with Crippen LogP contribution in [0.15, 0.2) is 71.9 Å². The Hall–Kier alpha value is -3.47. The summed E-state index contributed by atoms with van der Waals surface area (Å²) in [6.45, 7) is 8.12. The van der Waals surface area contributed by atoms with Gasteiger partial charge < -0.3 is 10.6 Å². The van der Waals surface area contributed by atoms with E-state index in [-0.39, 0.29) is 4.90 Å². The van der Waals surface area contributed by atoms with Crippen LogP contribution in [-0.2, 0) is 10.0 Å². The number of nitrogens with one attached hydrogen (secondary N) is 4. The van der Waals surface area contributed by atoms with E-state index in [1.807, 2.05) is 48.5 Å². The summed E-state index contributed by atoms with van der Waals surface area (Å²) in [6.07, 6.45) is 5.75. The summed E-state index contributed by atoms with van der Waals surface area (Å²) in [7, 11) is -3.65. The molecule has 0 atom stereocenters. The van der Waals surface area contributed by atoms with E-state index in [2.05, 4.69) is 30.7 Å². The van der Waals surface area contributed by atoms with Gasteiger partial charge in [-0.15, -0.1) is 0 Å². The molecule has 1 aliphatic heterocycles. The molecule has 0 spiro atoms. The van der Waals surface area contributed by atoms with Gasteiger partial charge in [0.1, 0.15) is 5.82 Å². The Kier molecular flexibility index (Phi) is 6.56. The van der Waals surface area contributed by atoms with Crippen LogP contribution in [0.2, 0.25) is 0 Å². The number of anilines is 5. The normalized spacial score (nSPS) is 13.8. The van der Waals surface area contributed by atoms with Crippen molar-refractivity contribution in [2.45, 2.75) is 38.1 Å². The van der Waals surface area contributed by atoms with Crippen molar-refractivity contribution >= 4 is 38.9 Å². The van der Waals surface area contributed by atoms with Gasteiger partial charge in [0.15, 0.2) is 0 Å². The van der Waals surface area contributed by atoms with Crippen LogP contribution in [0.4, 0.5) is 28.8 Å². The molecular weight excluding hydrogens is 450 g/mol. The van der Waals surface area contributed by atoms with Gasteiger partial charge >= 0.3 is 0 Å². The van der Waals surface area contributed by atoms with E-state index in [0.717, 1.165) is 23.5 Å². The average molecular weight is 480 g/mol. The molecule has 34 heavy (non-hydrogen) atoms. The highest BCUT2D eigenvalue weighted by Gasteiger charge is 2.22. The fourth-order valence-corrected chi connectivity index (χ4v) is 4.81. The molecule has 0 amide bonds. The van der Waals surface area contributed by atoms with Crippen molar-refractivity contribution < 1.29 is 8.42 Å². The first-order chi connectivity index (χ1) is 16.1. The highest BCUT2D eigenvalue weighted by atomic mass is 32.2. The minimum Gasteiger partial charge on any atom is -0.340 e. The summed E-state index contributed by atoms with van der Waals surface area (Å²) in [4.78, 5) is 9.13. The number of hydrazine groups is 1. The lowest BCUT2D eigenvalue weighted by atomic mass is 10.1. The van der Waals surface area contributed by atoms with Crippen LogP contribution < -0.4 is 25.8 Å². The Balaban J connectivity index is 1.50. The Morgan fingerprint density at radius 2 is 1.79 bits per heavy atom. The van der Waals surface area contributed by atoms with E-state index in [1.165, 1.54) is 0 Å². The summed E-state index contributed by atoms with van der Waals surface area (Å²) < 4.78 is 28.1. The minimum absolute atomic E-state index is 0.180. The fourth-order valence-electron chi connectivity index (χ4n) is 3.34. The molecule has 0 saturated heterocycles. The molecule has 0 aliphatic carbocycles. The van der Waals surface area contributed by atoms with E-state index >= 15 is 0 Å². The predicted molar refractivity (Wildman–Crippen MR) is 136 cm³/mol. The highest BCUT2D eigenvalue weighted by molar-refractivity contribution is 7.89. The second kappa shape index (κ2) is 9.41. The molecular formula is C24H29N7O2S. The first-order valence-electron chi connectivity index (χ1n) is 10.9. The molecule has 4 rings (SSSR count). The average Bonchev–Trinajstić information content (AvgIpc) is 3.30. The van der Waals surface area contributed by atoms with Gasteiger partial charge in [0, 0.05) is 41.4 Å². The monoisotopic (exact) mass is 479 g/mol. The topological polar surface area (TPSA) is 111 Å². The number of hydrogen-bond acceptors (Lipinski definition) is 8. The maximum atomic E-state index is 12.7. The van der Waals surface area contributed by atoms with Crippen LogP contribution in [0.25, 0.3) is 0 Å². The minimum atomic E-state index is -3.65. The van der Waals surface area contributed by atoms with Crippen molar-refractivity contribution in [1.82, 2.24) is 20.1 Å². The molecule has 10 heteroatoms. The van der Waals surface area contributed by atoms with E-state index < -0.39 is 15.6 Å². The van der Waals surface area contributed by atoms with Crippen LogP contribution in [-0.4, -0.2) is 30.5 Å². The van der Waals surface area contributed by atoms with E-state index in [1.54, 1.807) is 51.2 Å². The highest BCUT2D eigenvalue weighted by Crippen LogP contribution is 2.24. The van der Waals surface area contributed by atoms with Crippen molar-refractivity contribution in [3.8, 4) is 0 Å². The smallest absolute Gasteiger partial charge is 0.241 e. The summed E-state index contributed by atoms with van der Waals surface area (Å²) in [5.74, 6) is 1.01. The standard InChI is InChI=1S/C24H29N7O2S/c1-17-16-25-23(28-18-9-11-20(12-10-18)31-14-6-13-26-31)29-22(17)27-19-7-5-8-21(15-19)34(32,33)30-24(2,3)4/h5-12,14-16,26,30H,13H2,1-4H3,(H2,25,27,28,29). The van der Waals surface area contributed by atoms with Gasteiger partial charge in [-0.25, -0.2) is 23.5 Å². The third-order valence-corrected chi connectivity index (χ3v) is 6.61. The zero-order valence-electron chi connectivity index (χ0n) is 19.6. The second-order valence-electron chi connectivity index (χ2n) is 9.02. The maximum Gasteiger partial charge on any atom is 0.241 e. The van der Waals surface area contributed by atoms with Gasteiger partial charge in [0.25, 0.3) is 0 Å². The van der Waals surface area contributed by atoms with Gasteiger partial charge in [-0.1, -0.05) is 12.1 Å². The summed E-state index contributed by atoms with van der Waals surface area (Å²) in [5, 5.41) is 8.38. The van der Waals surface area contributed by atoms with Crippen molar-refractivity contribution in [2.24, 2.45) is 0 Å². The molecule has 4 N–H and O–H groups in total. The lowest BCUT2D eigenvalue weighted by Crippen LogP contribution is -2.40. The number of aromatic nitrogens is 2. The molecule has 0 unspecified atom stereocenters. The van der Waals surface area contributed by atoms with Crippen LogP contribution in [0.1, 0.15) is 26.3 Å². The van der Waals surface area contributed by atoms with Crippen molar-refractivity contribution in [1.29, 1.82) is 0 Å². The van der Waals surface area contributed by atoms with Crippen molar-refractivity contribution in [3.63, 3.8) is 0 Å². The number of benzene rings is 2. The van der Waals surface area contributed by atoms with Gasteiger partial charge in [0.05, 0.1) is 10.6 Å². The van der Waals surface area contributed by atoms with E-state index in [0.29, 0.717) is 17.5 Å². The third kappa shape index (κ3) is 5.90. The van der Waals surface area contributed by atoms with Crippen LogP contribution in [0.5, 0.6) is 0 Å². The Morgan fingerprint density at radius 3 is 2.47 bits per heavy atom. The van der Waals surface area contributed by atoms with Gasteiger partial charge in [0.2, 0.25) is 16.0 Å². The first kappa shape index (κ1) is 23.7. The third-order valence-electron chi connectivity index (χ3n) is 4.85.